The Morgan fingerprint density at radius 3 is 2.84 bits per heavy atom. The van der Waals surface area contributed by atoms with Gasteiger partial charge in [-0.2, -0.15) is 0 Å². The molecule has 2 rings (SSSR count). The Morgan fingerprint density at radius 2 is 2.21 bits per heavy atom. The number of nitrogens with zero attached hydrogens (tertiary/aromatic N) is 1. The summed E-state index contributed by atoms with van der Waals surface area (Å²) in [5.41, 5.74) is 2.41. The molecule has 0 aliphatic carbocycles. The van der Waals surface area contributed by atoms with Crippen LogP contribution in [-0.4, -0.2) is 4.92 Å². The first-order chi connectivity index (χ1) is 9.11. The summed E-state index contributed by atoms with van der Waals surface area (Å²) >= 11 is 3.72. The van der Waals surface area contributed by atoms with E-state index in [4.69, 9.17) is 0 Å². The van der Waals surface area contributed by atoms with Gasteiger partial charge in [0, 0.05) is 23.2 Å². The summed E-state index contributed by atoms with van der Waals surface area (Å²) < 4.78 is 0.648. The zero-order valence-corrected chi connectivity index (χ0v) is 13.3. The molecular weight excluding hydrogens is 375 g/mol. The summed E-state index contributed by atoms with van der Waals surface area (Å²) in [5, 5.41) is 16.1. The predicted octanol–water partition coefficient (Wildman–Crippen LogP) is 4.44. The predicted molar refractivity (Wildman–Crippen MR) is 86.8 cm³/mol. The van der Waals surface area contributed by atoms with Crippen molar-refractivity contribution in [2.24, 2.45) is 0 Å². The topological polar surface area (TPSA) is 55.2 Å². The Hall–Kier alpha value is -1.15. The molecule has 0 spiro atoms. The maximum absolute atomic E-state index is 10.7. The van der Waals surface area contributed by atoms with Gasteiger partial charge in [-0.3, -0.25) is 10.1 Å². The van der Waals surface area contributed by atoms with Crippen molar-refractivity contribution in [2.75, 3.05) is 5.32 Å². The van der Waals surface area contributed by atoms with Crippen molar-refractivity contribution in [1.82, 2.24) is 0 Å². The fourth-order valence-electron chi connectivity index (χ4n) is 1.78. The Morgan fingerprint density at radius 1 is 1.42 bits per heavy atom. The molecule has 0 aliphatic heterocycles. The molecule has 0 bridgehead atoms. The first-order valence-electron chi connectivity index (χ1n) is 5.85. The smallest absolute Gasteiger partial charge is 0.282 e. The average molecular weight is 388 g/mol. The molecule has 0 amide bonds. The lowest BCUT2D eigenvalue weighted by molar-refractivity contribution is -0.385. The van der Waals surface area contributed by atoms with Crippen LogP contribution in [0.3, 0.4) is 0 Å². The molecule has 0 saturated carbocycles. The van der Waals surface area contributed by atoms with Crippen molar-refractivity contribution in [3.8, 4) is 0 Å². The van der Waals surface area contributed by atoms with Crippen LogP contribution in [0.15, 0.2) is 29.6 Å². The van der Waals surface area contributed by atoms with Gasteiger partial charge in [-0.15, -0.1) is 11.3 Å². The highest BCUT2D eigenvalue weighted by Crippen LogP contribution is 2.25. The highest BCUT2D eigenvalue weighted by atomic mass is 127. The highest BCUT2D eigenvalue weighted by Gasteiger charge is 2.11. The van der Waals surface area contributed by atoms with E-state index in [1.54, 1.807) is 29.5 Å². The molecule has 0 unspecified atom stereocenters. The standard InChI is InChI=1S/C13H13IN2O2S/c1-2-9-5-6-19-13(9)8-15-10-3-4-12(16(17)18)11(14)7-10/h3-7,15H,2,8H2,1H3. The summed E-state index contributed by atoms with van der Waals surface area (Å²) in [6, 6.07) is 7.23. The zero-order chi connectivity index (χ0) is 13.8. The first-order valence-corrected chi connectivity index (χ1v) is 7.80. The lowest BCUT2D eigenvalue weighted by Gasteiger charge is -2.07. The number of aryl methyl sites for hydroxylation is 1. The van der Waals surface area contributed by atoms with Gasteiger partial charge in [0.25, 0.3) is 5.69 Å². The second-order valence-electron chi connectivity index (χ2n) is 4.00. The number of benzene rings is 1. The fourth-order valence-corrected chi connectivity index (χ4v) is 3.41. The Labute approximate surface area is 129 Å². The van der Waals surface area contributed by atoms with E-state index in [1.807, 2.05) is 22.6 Å². The van der Waals surface area contributed by atoms with Crippen molar-refractivity contribution in [3.63, 3.8) is 0 Å². The van der Waals surface area contributed by atoms with E-state index in [1.165, 1.54) is 10.4 Å². The van der Waals surface area contributed by atoms with Crippen molar-refractivity contribution in [3.05, 3.63) is 53.8 Å². The van der Waals surface area contributed by atoms with Gasteiger partial charge in [-0.05, 0) is 58.2 Å². The molecule has 0 atom stereocenters. The Kier molecular flexibility index (Phi) is 4.76. The van der Waals surface area contributed by atoms with Crippen LogP contribution in [0.1, 0.15) is 17.4 Å². The normalized spacial score (nSPS) is 10.4. The van der Waals surface area contributed by atoms with Gasteiger partial charge in [-0.25, -0.2) is 0 Å². The molecule has 0 fully saturated rings. The number of halogens is 1. The SMILES string of the molecule is CCc1ccsc1CNc1ccc([N+](=O)[O-])c(I)c1. The lowest BCUT2D eigenvalue weighted by atomic mass is 10.2. The van der Waals surface area contributed by atoms with Gasteiger partial charge < -0.3 is 5.32 Å². The number of rotatable bonds is 5. The van der Waals surface area contributed by atoms with Crippen LogP contribution in [0.25, 0.3) is 0 Å². The molecule has 0 radical (unpaired) electrons. The van der Waals surface area contributed by atoms with E-state index in [-0.39, 0.29) is 10.6 Å². The lowest BCUT2D eigenvalue weighted by Crippen LogP contribution is -2.00. The van der Waals surface area contributed by atoms with Crippen molar-refractivity contribution < 1.29 is 4.92 Å². The van der Waals surface area contributed by atoms with Gasteiger partial charge in [0.2, 0.25) is 0 Å². The minimum atomic E-state index is -0.361. The van der Waals surface area contributed by atoms with E-state index < -0.39 is 0 Å². The minimum Gasteiger partial charge on any atom is -0.380 e. The van der Waals surface area contributed by atoms with E-state index >= 15 is 0 Å². The van der Waals surface area contributed by atoms with Crippen LogP contribution in [0.4, 0.5) is 11.4 Å². The van der Waals surface area contributed by atoms with Crippen molar-refractivity contribution in [1.29, 1.82) is 0 Å². The zero-order valence-electron chi connectivity index (χ0n) is 10.4. The molecule has 6 heteroatoms. The van der Waals surface area contributed by atoms with Crippen molar-refractivity contribution >= 4 is 45.3 Å². The van der Waals surface area contributed by atoms with Gasteiger partial charge in [0.05, 0.1) is 8.49 Å². The van der Waals surface area contributed by atoms with Crippen LogP contribution in [-0.2, 0) is 13.0 Å². The van der Waals surface area contributed by atoms with Crippen LogP contribution in [0, 0.1) is 13.7 Å². The summed E-state index contributed by atoms with van der Waals surface area (Å²) in [7, 11) is 0. The summed E-state index contributed by atoms with van der Waals surface area (Å²) in [6.07, 6.45) is 1.03. The van der Waals surface area contributed by atoms with Gasteiger partial charge in [0.15, 0.2) is 0 Å². The molecule has 1 aromatic carbocycles. The van der Waals surface area contributed by atoms with Crippen LogP contribution >= 0.6 is 33.9 Å². The quantitative estimate of drug-likeness (QED) is 0.468. The molecule has 1 N–H and O–H groups in total. The van der Waals surface area contributed by atoms with E-state index in [9.17, 15) is 10.1 Å². The second kappa shape index (κ2) is 6.33. The van der Waals surface area contributed by atoms with Gasteiger partial charge in [0.1, 0.15) is 0 Å². The molecular formula is C13H13IN2O2S. The number of anilines is 1. The van der Waals surface area contributed by atoms with E-state index in [2.05, 4.69) is 23.7 Å². The number of hydrogen-bond acceptors (Lipinski definition) is 4. The maximum atomic E-state index is 10.7. The van der Waals surface area contributed by atoms with Crippen LogP contribution in [0.2, 0.25) is 0 Å². The fraction of sp³-hybridized carbons (Fsp3) is 0.231. The molecule has 19 heavy (non-hydrogen) atoms. The third-order valence-electron chi connectivity index (χ3n) is 2.82. The van der Waals surface area contributed by atoms with Crippen LogP contribution in [0.5, 0.6) is 0 Å². The molecule has 2 aromatic rings. The molecule has 1 aromatic heterocycles. The summed E-state index contributed by atoms with van der Waals surface area (Å²) in [6.45, 7) is 2.90. The third-order valence-corrected chi connectivity index (χ3v) is 4.64. The number of nitrogens with one attached hydrogen (secondary N) is 1. The molecule has 1 heterocycles. The average Bonchev–Trinajstić information content (AvgIpc) is 2.83. The Balaban J connectivity index is 2.08. The second-order valence-corrected chi connectivity index (χ2v) is 6.16. The van der Waals surface area contributed by atoms with Gasteiger partial charge >= 0.3 is 0 Å². The molecule has 4 nitrogen and oxygen atoms in total. The molecule has 0 aliphatic rings. The molecule has 100 valence electrons. The Bertz CT molecular complexity index is 598. The largest absolute Gasteiger partial charge is 0.380 e. The monoisotopic (exact) mass is 388 g/mol. The van der Waals surface area contributed by atoms with Crippen molar-refractivity contribution in [2.45, 2.75) is 19.9 Å². The third kappa shape index (κ3) is 3.44. The minimum absolute atomic E-state index is 0.150. The number of hydrogen-bond donors (Lipinski definition) is 1. The van der Waals surface area contributed by atoms with E-state index in [0.29, 0.717) is 3.57 Å². The highest BCUT2D eigenvalue weighted by molar-refractivity contribution is 14.1. The number of nitro groups is 1. The number of thiophene rings is 1. The van der Waals surface area contributed by atoms with E-state index in [0.717, 1.165) is 18.7 Å². The summed E-state index contributed by atoms with van der Waals surface area (Å²) in [5.74, 6) is 0. The van der Waals surface area contributed by atoms with Crippen LogP contribution < -0.4 is 5.32 Å². The summed E-state index contributed by atoms with van der Waals surface area (Å²) in [4.78, 5) is 11.7. The number of nitro benzene ring substituents is 1. The maximum Gasteiger partial charge on any atom is 0.282 e. The van der Waals surface area contributed by atoms with Gasteiger partial charge in [-0.1, -0.05) is 6.92 Å². The molecule has 0 saturated heterocycles. The first kappa shape index (κ1) is 14.3.